The maximum absolute atomic E-state index is 13.3. The van der Waals surface area contributed by atoms with Gasteiger partial charge in [0.25, 0.3) is 5.91 Å². The smallest absolute Gasteiger partial charge is 0.270 e. The van der Waals surface area contributed by atoms with Crippen LogP contribution in [0.3, 0.4) is 0 Å². The molecule has 0 unspecified atom stereocenters. The molecule has 0 N–H and O–H groups in total. The summed E-state index contributed by atoms with van der Waals surface area (Å²) in [6, 6.07) is 16.6. The van der Waals surface area contributed by atoms with Crippen molar-refractivity contribution in [1.82, 2.24) is 0 Å². The topological polar surface area (TPSA) is 38.8 Å². The van der Waals surface area contributed by atoms with E-state index in [0.717, 1.165) is 22.4 Å². The Labute approximate surface area is 218 Å². The molecule has 0 bridgehead atoms. The van der Waals surface area contributed by atoms with Crippen LogP contribution in [0.25, 0.3) is 6.08 Å². The number of thiocarbonyl (C=S) groups is 1. The van der Waals surface area contributed by atoms with Gasteiger partial charge in [0, 0.05) is 21.2 Å². The van der Waals surface area contributed by atoms with Crippen molar-refractivity contribution in [1.29, 1.82) is 0 Å². The van der Waals surface area contributed by atoms with E-state index in [-0.39, 0.29) is 12.5 Å². The van der Waals surface area contributed by atoms with Crippen LogP contribution in [-0.2, 0) is 11.4 Å². The normalized spacial score (nSPS) is 14.7. The summed E-state index contributed by atoms with van der Waals surface area (Å²) in [4.78, 5) is 15.4. The van der Waals surface area contributed by atoms with Crippen LogP contribution in [0.5, 0.6) is 11.5 Å². The average molecular weight is 530 g/mol. The second kappa shape index (κ2) is 10.4. The van der Waals surface area contributed by atoms with E-state index in [0.29, 0.717) is 36.3 Å². The standard InChI is InChI=1S/C26H21Cl2NO3S2/c1-15-7-10-20(11-16(15)2)29-25(30)23(34-26(29)33)12-17-5-4-6-22(31-3)24(17)32-14-18-8-9-19(27)13-21(18)28/h4-13H,14H2,1-3H3. The van der Waals surface area contributed by atoms with Gasteiger partial charge in [0.2, 0.25) is 0 Å². The molecule has 0 aliphatic carbocycles. The quantitative estimate of drug-likeness (QED) is 0.242. The number of thioether (sulfide) groups is 1. The van der Waals surface area contributed by atoms with Crippen molar-refractivity contribution in [3.63, 3.8) is 0 Å². The lowest BCUT2D eigenvalue weighted by Gasteiger charge is -2.16. The zero-order valence-corrected chi connectivity index (χ0v) is 21.9. The lowest BCUT2D eigenvalue weighted by molar-refractivity contribution is -0.113. The van der Waals surface area contributed by atoms with E-state index in [4.69, 9.17) is 44.9 Å². The fourth-order valence-corrected chi connectivity index (χ4v) is 5.20. The summed E-state index contributed by atoms with van der Waals surface area (Å²) < 4.78 is 12.1. The first-order valence-electron chi connectivity index (χ1n) is 10.4. The van der Waals surface area contributed by atoms with Crippen LogP contribution in [0, 0.1) is 13.8 Å². The van der Waals surface area contributed by atoms with Gasteiger partial charge < -0.3 is 9.47 Å². The Morgan fingerprint density at radius 2 is 1.85 bits per heavy atom. The van der Waals surface area contributed by atoms with Gasteiger partial charge in [-0.3, -0.25) is 9.69 Å². The molecule has 1 aliphatic rings. The number of hydrogen-bond donors (Lipinski definition) is 0. The number of benzene rings is 3. The van der Waals surface area contributed by atoms with Crippen LogP contribution >= 0.6 is 47.2 Å². The first-order chi connectivity index (χ1) is 16.3. The molecule has 0 spiro atoms. The van der Waals surface area contributed by atoms with E-state index in [2.05, 4.69) is 0 Å². The molecule has 1 aliphatic heterocycles. The number of nitrogens with zero attached hydrogens (tertiary/aromatic N) is 1. The lowest BCUT2D eigenvalue weighted by atomic mass is 10.1. The largest absolute Gasteiger partial charge is 0.493 e. The molecular weight excluding hydrogens is 509 g/mol. The number of methoxy groups -OCH3 is 1. The maximum atomic E-state index is 13.3. The summed E-state index contributed by atoms with van der Waals surface area (Å²) in [6.45, 7) is 4.25. The number of carbonyl (C=O) groups excluding carboxylic acids is 1. The zero-order chi connectivity index (χ0) is 24.4. The Bertz CT molecular complexity index is 1320. The summed E-state index contributed by atoms with van der Waals surface area (Å²) in [6.07, 6.45) is 1.78. The highest BCUT2D eigenvalue weighted by Gasteiger charge is 2.33. The van der Waals surface area contributed by atoms with Crippen LogP contribution in [0.4, 0.5) is 5.69 Å². The van der Waals surface area contributed by atoms with E-state index in [1.807, 2.05) is 50.2 Å². The number of aryl methyl sites for hydroxylation is 2. The van der Waals surface area contributed by atoms with Gasteiger partial charge in [-0.2, -0.15) is 0 Å². The lowest BCUT2D eigenvalue weighted by Crippen LogP contribution is -2.27. The summed E-state index contributed by atoms with van der Waals surface area (Å²) in [5.74, 6) is 0.878. The molecule has 3 aromatic carbocycles. The molecule has 34 heavy (non-hydrogen) atoms. The van der Waals surface area contributed by atoms with Crippen LogP contribution in [0.1, 0.15) is 22.3 Å². The molecule has 3 aromatic rings. The van der Waals surface area contributed by atoms with Gasteiger partial charge in [-0.05, 0) is 61.4 Å². The molecule has 1 amide bonds. The van der Waals surface area contributed by atoms with Gasteiger partial charge in [-0.25, -0.2) is 0 Å². The van der Waals surface area contributed by atoms with Crippen molar-refractivity contribution in [3.05, 3.63) is 91.8 Å². The highest BCUT2D eigenvalue weighted by Crippen LogP contribution is 2.40. The van der Waals surface area contributed by atoms with Crippen molar-refractivity contribution in [3.8, 4) is 11.5 Å². The van der Waals surface area contributed by atoms with E-state index in [1.54, 1.807) is 36.3 Å². The third kappa shape index (κ3) is 5.10. The number of para-hydroxylation sites is 1. The van der Waals surface area contributed by atoms with Crippen LogP contribution in [0.2, 0.25) is 10.0 Å². The fourth-order valence-electron chi connectivity index (χ4n) is 3.45. The number of hydrogen-bond acceptors (Lipinski definition) is 5. The SMILES string of the molecule is COc1cccc(C=C2SC(=S)N(c3ccc(C)c(C)c3)C2=O)c1OCc1ccc(Cl)cc1Cl. The summed E-state index contributed by atoms with van der Waals surface area (Å²) in [7, 11) is 1.57. The summed E-state index contributed by atoms with van der Waals surface area (Å²) in [5.41, 5.74) is 4.49. The Morgan fingerprint density at radius 3 is 2.56 bits per heavy atom. The van der Waals surface area contributed by atoms with Gasteiger partial charge >= 0.3 is 0 Å². The van der Waals surface area contributed by atoms with Gasteiger partial charge in [0.05, 0.1) is 17.7 Å². The second-order valence-electron chi connectivity index (χ2n) is 7.69. The minimum atomic E-state index is -0.173. The Kier molecular flexibility index (Phi) is 7.53. The van der Waals surface area contributed by atoms with Crippen LogP contribution in [-0.4, -0.2) is 17.3 Å². The van der Waals surface area contributed by atoms with Crippen LogP contribution in [0.15, 0.2) is 59.5 Å². The van der Waals surface area contributed by atoms with Crippen molar-refractivity contribution in [2.45, 2.75) is 20.5 Å². The van der Waals surface area contributed by atoms with Gasteiger partial charge in [-0.15, -0.1) is 0 Å². The van der Waals surface area contributed by atoms with E-state index in [1.165, 1.54) is 11.8 Å². The molecule has 1 fully saturated rings. The predicted octanol–water partition coefficient (Wildman–Crippen LogP) is 7.60. The minimum absolute atomic E-state index is 0.173. The first kappa shape index (κ1) is 24.6. The number of amides is 1. The number of rotatable bonds is 6. The molecule has 1 heterocycles. The highest BCUT2D eigenvalue weighted by molar-refractivity contribution is 8.27. The van der Waals surface area contributed by atoms with Crippen molar-refractivity contribution < 1.29 is 14.3 Å². The van der Waals surface area contributed by atoms with E-state index in [9.17, 15) is 4.79 Å². The molecule has 0 radical (unpaired) electrons. The molecule has 1 saturated heterocycles. The molecule has 4 nitrogen and oxygen atoms in total. The molecule has 8 heteroatoms. The Morgan fingerprint density at radius 1 is 1.06 bits per heavy atom. The van der Waals surface area contributed by atoms with Gasteiger partial charge in [0.1, 0.15) is 6.61 Å². The summed E-state index contributed by atoms with van der Waals surface area (Å²) >= 11 is 19.1. The minimum Gasteiger partial charge on any atom is -0.493 e. The second-order valence-corrected chi connectivity index (χ2v) is 10.2. The number of ether oxygens (including phenoxy) is 2. The Hall–Kier alpha value is -2.51. The molecule has 4 rings (SSSR count). The van der Waals surface area contributed by atoms with Gasteiger partial charge in [0.15, 0.2) is 15.8 Å². The first-order valence-corrected chi connectivity index (χ1v) is 12.4. The third-order valence-corrected chi connectivity index (χ3v) is 7.33. The molecule has 0 aromatic heterocycles. The van der Waals surface area contributed by atoms with Crippen molar-refractivity contribution in [2.24, 2.45) is 0 Å². The number of halogens is 2. The number of carbonyl (C=O) groups is 1. The molecular formula is C26H21Cl2NO3S2. The van der Waals surface area contributed by atoms with Crippen molar-refractivity contribution >= 4 is 69.2 Å². The van der Waals surface area contributed by atoms with Crippen molar-refractivity contribution in [2.75, 3.05) is 12.0 Å². The molecule has 0 atom stereocenters. The average Bonchev–Trinajstić information content (AvgIpc) is 3.08. The van der Waals surface area contributed by atoms with Gasteiger partial charge in [-0.1, -0.05) is 71.4 Å². The molecule has 174 valence electrons. The fraction of sp³-hybridized carbons (Fsp3) is 0.154. The zero-order valence-electron chi connectivity index (χ0n) is 18.7. The highest BCUT2D eigenvalue weighted by atomic mass is 35.5. The molecule has 0 saturated carbocycles. The van der Waals surface area contributed by atoms with Crippen LogP contribution < -0.4 is 14.4 Å². The Balaban J connectivity index is 1.65. The predicted molar refractivity (Wildman–Crippen MR) is 145 cm³/mol. The number of anilines is 1. The third-order valence-electron chi connectivity index (χ3n) is 5.45. The van der Waals surface area contributed by atoms with E-state index >= 15 is 0 Å². The monoisotopic (exact) mass is 529 g/mol. The summed E-state index contributed by atoms with van der Waals surface area (Å²) in [5, 5.41) is 1.07. The maximum Gasteiger partial charge on any atom is 0.270 e. The van der Waals surface area contributed by atoms with E-state index < -0.39 is 0 Å².